The fourth-order valence-electron chi connectivity index (χ4n) is 7.93. The Bertz CT molecular complexity index is 3070. The zero-order valence-electron chi connectivity index (χ0n) is 27.3. The van der Waals surface area contributed by atoms with Crippen LogP contribution in [0.4, 0.5) is 0 Å². The maximum Gasteiger partial charge on any atom is 0.164 e. The van der Waals surface area contributed by atoms with Gasteiger partial charge < -0.3 is 4.42 Å². The van der Waals surface area contributed by atoms with Crippen molar-refractivity contribution in [3.63, 3.8) is 0 Å². The van der Waals surface area contributed by atoms with Gasteiger partial charge in [-0.2, -0.15) is 0 Å². The molecule has 0 amide bonds. The maximum atomic E-state index is 6.58. The number of fused-ring (bicyclic) bond motifs is 6. The van der Waals surface area contributed by atoms with Crippen LogP contribution < -0.4 is 0 Å². The average Bonchev–Trinajstić information content (AvgIpc) is 3.61. The van der Waals surface area contributed by atoms with Gasteiger partial charge >= 0.3 is 0 Å². The third-order valence-electron chi connectivity index (χ3n) is 10.3. The van der Waals surface area contributed by atoms with E-state index in [1.165, 1.54) is 37.7 Å². The largest absolute Gasteiger partial charge is 0.455 e. The smallest absolute Gasteiger partial charge is 0.164 e. The SMILES string of the molecule is c1ccc(-c2nc(-c3ccccc3)nc(-c3ccc(-c4ccc5c(c4)c4cc6ccccc6c6oc7cccc5c7c46)c4ccccc34)n2)cc1. The Balaban J connectivity index is 1.15. The number of nitrogens with zero attached hydrogens (tertiary/aromatic N) is 3. The van der Waals surface area contributed by atoms with Crippen LogP contribution in [0, 0.1) is 0 Å². The Labute approximate surface area is 292 Å². The number of aromatic nitrogens is 3. The molecule has 2 heterocycles. The highest BCUT2D eigenvalue weighted by molar-refractivity contribution is 6.36. The van der Waals surface area contributed by atoms with Crippen molar-refractivity contribution in [2.24, 2.45) is 0 Å². The summed E-state index contributed by atoms with van der Waals surface area (Å²) in [4.78, 5) is 15.0. The van der Waals surface area contributed by atoms with Gasteiger partial charge in [-0.1, -0.05) is 140 Å². The normalized spacial score (nSPS) is 11.9. The summed E-state index contributed by atoms with van der Waals surface area (Å²) < 4.78 is 6.58. The minimum Gasteiger partial charge on any atom is -0.455 e. The summed E-state index contributed by atoms with van der Waals surface area (Å²) in [7, 11) is 0. The Kier molecular flexibility index (Phi) is 5.92. The van der Waals surface area contributed by atoms with Crippen LogP contribution in [0.5, 0.6) is 0 Å². The van der Waals surface area contributed by atoms with Crippen LogP contribution in [-0.4, -0.2) is 15.0 Å². The van der Waals surface area contributed by atoms with E-state index in [0.717, 1.165) is 55.1 Å². The lowest BCUT2D eigenvalue weighted by Gasteiger charge is -2.15. The van der Waals surface area contributed by atoms with E-state index >= 15 is 0 Å². The van der Waals surface area contributed by atoms with Gasteiger partial charge in [0.2, 0.25) is 0 Å². The Hall–Kier alpha value is -6.91. The summed E-state index contributed by atoms with van der Waals surface area (Å²) in [6, 6.07) is 57.4. The van der Waals surface area contributed by atoms with Gasteiger partial charge in [0.05, 0.1) is 0 Å². The Morgan fingerprint density at radius 1 is 0.333 bits per heavy atom. The number of hydrogen-bond donors (Lipinski definition) is 0. The molecular weight excluding hydrogens is 623 g/mol. The monoisotopic (exact) mass is 649 g/mol. The zero-order valence-corrected chi connectivity index (χ0v) is 27.3. The molecule has 9 aromatic carbocycles. The molecule has 2 aromatic heterocycles. The van der Waals surface area contributed by atoms with Crippen molar-refractivity contribution in [1.29, 1.82) is 0 Å². The van der Waals surface area contributed by atoms with Crippen LogP contribution in [0.15, 0.2) is 168 Å². The second kappa shape index (κ2) is 10.8. The van der Waals surface area contributed by atoms with Crippen LogP contribution in [0.1, 0.15) is 0 Å². The second-order valence-corrected chi connectivity index (χ2v) is 13.1. The first-order valence-corrected chi connectivity index (χ1v) is 17.2. The van der Waals surface area contributed by atoms with Crippen molar-refractivity contribution < 1.29 is 4.42 Å². The van der Waals surface area contributed by atoms with Gasteiger partial charge in [-0.15, -0.1) is 0 Å². The summed E-state index contributed by atoms with van der Waals surface area (Å²) >= 11 is 0. The average molecular weight is 650 g/mol. The van der Waals surface area contributed by atoms with Gasteiger partial charge in [-0.05, 0) is 73.1 Å². The quantitative estimate of drug-likeness (QED) is 0.141. The summed E-state index contributed by atoms with van der Waals surface area (Å²) in [5.41, 5.74) is 7.07. The third-order valence-corrected chi connectivity index (χ3v) is 10.3. The molecule has 51 heavy (non-hydrogen) atoms. The van der Waals surface area contributed by atoms with Gasteiger partial charge in [-0.25, -0.2) is 15.0 Å². The predicted molar refractivity (Wildman–Crippen MR) is 210 cm³/mol. The standard InChI is InChI=1S/C47H27N3O/c1-3-12-28(13-4-1)45-48-46(29-14-5-2-6-15-29)50-47(49-45)38-25-24-32(34-18-9-10-19-35(34)38)31-22-23-36-37-20-11-21-41-42(37)43-40(39(36)26-31)27-30-16-7-8-17-33(30)44(43)51-41/h1-27H. The highest BCUT2D eigenvalue weighted by Crippen LogP contribution is 2.46. The highest BCUT2D eigenvalue weighted by Gasteiger charge is 2.21. The van der Waals surface area contributed by atoms with Gasteiger partial charge in [0, 0.05) is 32.8 Å². The van der Waals surface area contributed by atoms with Crippen molar-refractivity contribution in [3.8, 4) is 45.3 Å². The van der Waals surface area contributed by atoms with Gasteiger partial charge in [0.1, 0.15) is 11.2 Å². The molecule has 0 unspecified atom stereocenters. The summed E-state index contributed by atoms with van der Waals surface area (Å²) in [6.45, 7) is 0. The van der Waals surface area contributed by atoms with Crippen LogP contribution in [0.2, 0.25) is 0 Å². The maximum absolute atomic E-state index is 6.58. The van der Waals surface area contributed by atoms with Crippen molar-refractivity contribution >= 4 is 65.0 Å². The lowest BCUT2D eigenvalue weighted by atomic mass is 9.89. The first-order valence-electron chi connectivity index (χ1n) is 17.2. The van der Waals surface area contributed by atoms with E-state index in [-0.39, 0.29) is 0 Å². The molecule has 11 rings (SSSR count). The number of benzene rings is 9. The van der Waals surface area contributed by atoms with E-state index in [1.54, 1.807) is 0 Å². The van der Waals surface area contributed by atoms with Gasteiger partial charge in [-0.3, -0.25) is 0 Å². The van der Waals surface area contributed by atoms with Gasteiger partial charge in [0.15, 0.2) is 17.5 Å². The zero-order chi connectivity index (χ0) is 33.5. The van der Waals surface area contributed by atoms with Gasteiger partial charge in [0.25, 0.3) is 0 Å². The fourth-order valence-corrected chi connectivity index (χ4v) is 7.93. The molecule has 4 heteroatoms. The third kappa shape index (κ3) is 4.23. The molecule has 0 saturated carbocycles. The van der Waals surface area contributed by atoms with Crippen molar-refractivity contribution in [3.05, 3.63) is 164 Å². The molecule has 4 nitrogen and oxygen atoms in total. The van der Waals surface area contributed by atoms with Crippen molar-refractivity contribution in [2.45, 2.75) is 0 Å². The molecule has 0 aliphatic rings. The molecule has 0 fully saturated rings. The molecule has 0 spiro atoms. The molecule has 11 aromatic rings. The first kappa shape index (κ1) is 28.0. The fraction of sp³-hybridized carbons (Fsp3) is 0. The minimum absolute atomic E-state index is 0.648. The summed E-state index contributed by atoms with van der Waals surface area (Å²) in [5, 5.41) is 11.8. The molecule has 0 aliphatic carbocycles. The molecule has 0 aliphatic heterocycles. The Morgan fingerprint density at radius 2 is 0.941 bits per heavy atom. The van der Waals surface area contributed by atoms with Crippen LogP contribution in [-0.2, 0) is 0 Å². The number of rotatable bonds is 4. The van der Waals surface area contributed by atoms with Crippen LogP contribution in [0.25, 0.3) is 110 Å². The summed E-state index contributed by atoms with van der Waals surface area (Å²) in [6.07, 6.45) is 0. The first-order chi connectivity index (χ1) is 25.3. The molecule has 236 valence electrons. The van der Waals surface area contributed by atoms with E-state index in [4.69, 9.17) is 19.4 Å². The lowest BCUT2D eigenvalue weighted by molar-refractivity contribution is 0.673. The molecule has 0 atom stereocenters. The van der Waals surface area contributed by atoms with Crippen LogP contribution >= 0.6 is 0 Å². The van der Waals surface area contributed by atoms with Crippen molar-refractivity contribution in [1.82, 2.24) is 15.0 Å². The topological polar surface area (TPSA) is 51.8 Å². The van der Waals surface area contributed by atoms with E-state index in [9.17, 15) is 0 Å². The van der Waals surface area contributed by atoms with E-state index in [0.29, 0.717) is 17.5 Å². The molecule has 0 radical (unpaired) electrons. The minimum atomic E-state index is 0.648. The van der Waals surface area contributed by atoms with E-state index < -0.39 is 0 Å². The van der Waals surface area contributed by atoms with E-state index in [2.05, 4.69) is 103 Å². The Morgan fingerprint density at radius 3 is 1.69 bits per heavy atom. The molecule has 0 N–H and O–H groups in total. The molecule has 0 bridgehead atoms. The number of hydrogen-bond acceptors (Lipinski definition) is 4. The number of furan rings is 1. The second-order valence-electron chi connectivity index (χ2n) is 13.1. The summed E-state index contributed by atoms with van der Waals surface area (Å²) in [5.74, 6) is 1.95. The van der Waals surface area contributed by atoms with Crippen LogP contribution in [0.3, 0.4) is 0 Å². The molecular formula is C47H27N3O. The van der Waals surface area contributed by atoms with E-state index in [1.807, 2.05) is 60.7 Å². The lowest BCUT2D eigenvalue weighted by Crippen LogP contribution is -2.00. The highest BCUT2D eigenvalue weighted by atomic mass is 16.3. The molecule has 0 saturated heterocycles. The predicted octanol–water partition coefficient (Wildman–Crippen LogP) is 12.5. The van der Waals surface area contributed by atoms with Crippen molar-refractivity contribution in [2.75, 3.05) is 0 Å².